The fraction of sp³-hybridized carbons (Fsp3) is 0.818. The van der Waals surface area contributed by atoms with E-state index >= 15 is 0 Å². The van der Waals surface area contributed by atoms with Crippen LogP contribution < -0.4 is 5.32 Å². The van der Waals surface area contributed by atoms with Crippen molar-refractivity contribution in [1.29, 1.82) is 0 Å². The van der Waals surface area contributed by atoms with Gasteiger partial charge in [0.15, 0.2) is 0 Å². The van der Waals surface area contributed by atoms with E-state index in [-0.39, 0.29) is 11.9 Å². The first kappa shape index (κ1) is 14.3. The molecule has 0 spiro atoms. The number of likely N-dealkylation sites (tertiary alicyclic amines) is 1. The number of rotatable bonds is 3. The van der Waals surface area contributed by atoms with Crippen LogP contribution in [0.3, 0.4) is 0 Å². The van der Waals surface area contributed by atoms with Crippen LogP contribution in [0.5, 0.6) is 0 Å². The molecule has 0 aromatic rings. The zero-order chi connectivity index (χ0) is 12.8. The number of hydrogen-bond donors (Lipinski definition) is 1. The smallest absolute Gasteiger partial charge is 0.324 e. The summed E-state index contributed by atoms with van der Waals surface area (Å²) >= 11 is 5.33. The summed E-state index contributed by atoms with van der Waals surface area (Å²) in [6, 6.07) is -0.320. The second kappa shape index (κ2) is 6.81. The third kappa shape index (κ3) is 4.91. The van der Waals surface area contributed by atoms with Crippen LogP contribution in [0.25, 0.3) is 0 Å². The highest BCUT2D eigenvalue weighted by molar-refractivity contribution is 6.28. The molecule has 6 heteroatoms. The fourth-order valence-electron chi connectivity index (χ4n) is 2.07. The summed E-state index contributed by atoms with van der Waals surface area (Å²) in [7, 11) is 4.11. The molecule has 0 radical (unpaired) electrons. The Kier molecular flexibility index (Phi) is 5.71. The van der Waals surface area contributed by atoms with Crippen LogP contribution in [0.1, 0.15) is 12.8 Å². The predicted molar refractivity (Wildman–Crippen MR) is 67.1 cm³/mol. The van der Waals surface area contributed by atoms with Crippen molar-refractivity contribution in [2.75, 3.05) is 39.6 Å². The van der Waals surface area contributed by atoms with E-state index in [4.69, 9.17) is 11.6 Å². The molecule has 1 aliphatic rings. The summed E-state index contributed by atoms with van der Waals surface area (Å²) in [5, 5.41) is 2.26. The van der Waals surface area contributed by atoms with Gasteiger partial charge in [0.1, 0.15) is 5.88 Å². The van der Waals surface area contributed by atoms with Crippen LogP contribution in [-0.4, -0.2) is 61.3 Å². The maximum absolute atomic E-state index is 11.6. The van der Waals surface area contributed by atoms with Gasteiger partial charge in [0.2, 0.25) is 5.91 Å². The van der Waals surface area contributed by atoms with Crippen LogP contribution in [0.15, 0.2) is 0 Å². The molecule has 0 aromatic heterocycles. The molecule has 1 saturated heterocycles. The molecule has 3 amide bonds. The Morgan fingerprint density at radius 1 is 1.35 bits per heavy atom. The normalized spacial score (nSPS) is 17.3. The Morgan fingerprint density at radius 2 is 1.94 bits per heavy atom. The minimum Gasteiger partial charge on any atom is -0.324 e. The minimum atomic E-state index is -0.438. The van der Waals surface area contributed by atoms with E-state index < -0.39 is 5.91 Å². The molecule has 0 bridgehead atoms. The molecule has 0 unspecified atom stereocenters. The minimum absolute atomic E-state index is 0.178. The molecule has 0 aliphatic carbocycles. The van der Waals surface area contributed by atoms with E-state index in [1.165, 1.54) is 0 Å². The number of halogens is 1. The van der Waals surface area contributed by atoms with Crippen LogP contribution in [0, 0.1) is 5.92 Å². The van der Waals surface area contributed by atoms with E-state index in [9.17, 15) is 9.59 Å². The van der Waals surface area contributed by atoms with Crippen LogP contribution >= 0.6 is 11.6 Å². The van der Waals surface area contributed by atoms with Gasteiger partial charge < -0.3 is 9.80 Å². The van der Waals surface area contributed by atoms with Gasteiger partial charge in [-0.25, -0.2) is 4.79 Å². The first-order valence-electron chi connectivity index (χ1n) is 5.82. The molecular weight excluding hydrogens is 242 g/mol. The molecule has 5 nitrogen and oxygen atoms in total. The van der Waals surface area contributed by atoms with Crippen molar-refractivity contribution in [1.82, 2.24) is 15.1 Å². The molecule has 0 aromatic carbocycles. The third-order valence-electron chi connectivity index (χ3n) is 2.89. The van der Waals surface area contributed by atoms with Gasteiger partial charge in [0, 0.05) is 19.6 Å². The van der Waals surface area contributed by atoms with Crippen LogP contribution in [-0.2, 0) is 4.79 Å². The maximum Gasteiger partial charge on any atom is 0.324 e. The van der Waals surface area contributed by atoms with Crippen LogP contribution in [0.4, 0.5) is 4.79 Å². The SMILES string of the molecule is CN(C)CC1CCN(C(=O)NC(=O)CCl)CC1. The molecule has 98 valence electrons. The van der Waals surface area contributed by atoms with Gasteiger partial charge in [-0.15, -0.1) is 11.6 Å². The van der Waals surface area contributed by atoms with Gasteiger partial charge in [0.05, 0.1) is 0 Å². The first-order valence-corrected chi connectivity index (χ1v) is 6.36. The largest absolute Gasteiger partial charge is 0.324 e. The first-order chi connectivity index (χ1) is 8.02. The lowest BCUT2D eigenvalue weighted by Gasteiger charge is -2.32. The van der Waals surface area contributed by atoms with Crippen molar-refractivity contribution in [2.45, 2.75) is 12.8 Å². The van der Waals surface area contributed by atoms with Crippen molar-refractivity contribution >= 4 is 23.5 Å². The lowest BCUT2D eigenvalue weighted by atomic mass is 9.97. The lowest BCUT2D eigenvalue weighted by molar-refractivity contribution is -0.117. The van der Waals surface area contributed by atoms with E-state index in [1.54, 1.807) is 4.90 Å². The van der Waals surface area contributed by atoms with Gasteiger partial charge in [0.25, 0.3) is 0 Å². The van der Waals surface area contributed by atoms with Gasteiger partial charge in [-0.05, 0) is 32.9 Å². The number of nitrogens with zero attached hydrogens (tertiary/aromatic N) is 2. The number of imide groups is 1. The molecule has 17 heavy (non-hydrogen) atoms. The topological polar surface area (TPSA) is 52.6 Å². The molecule has 1 heterocycles. The quantitative estimate of drug-likeness (QED) is 0.763. The second-order valence-corrected chi connectivity index (χ2v) is 4.95. The molecule has 1 N–H and O–H groups in total. The summed E-state index contributed by atoms with van der Waals surface area (Å²) in [6.07, 6.45) is 1.97. The van der Waals surface area contributed by atoms with E-state index in [0.29, 0.717) is 19.0 Å². The van der Waals surface area contributed by atoms with Gasteiger partial charge in [-0.1, -0.05) is 0 Å². The Balaban J connectivity index is 2.31. The molecule has 0 atom stereocenters. The highest BCUT2D eigenvalue weighted by Crippen LogP contribution is 2.17. The number of carbonyl (C=O) groups is 2. The third-order valence-corrected chi connectivity index (χ3v) is 3.14. The average molecular weight is 262 g/mol. The van der Waals surface area contributed by atoms with Crippen LogP contribution in [0.2, 0.25) is 0 Å². The fourth-order valence-corrected chi connectivity index (χ4v) is 2.13. The molecule has 0 saturated carbocycles. The summed E-state index contributed by atoms with van der Waals surface area (Å²) in [4.78, 5) is 26.4. The second-order valence-electron chi connectivity index (χ2n) is 4.68. The number of amides is 3. The van der Waals surface area contributed by atoms with E-state index in [1.807, 2.05) is 0 Å². The predicted octanol–water partition coefficient (Wildman–Crippen LogP) is 0.735. The Morgan fingerprint density at radius 3 is 2.41 bits per heavy atom. The van der Waals surface area contributed by atoms with Crippen molar-refractivity contribution < 1.29 is 9.59 Å². The number of nitrogens with one attached hydrogen (secondary N) is 1. The van der Waals surface area contributed by atoms with Crippen molar-refractivity contribution in [3.8, 4) is 0 Å². The van der Waals surface area contributed by atoms with Gasteiger partial charge >= 0.3 is 6.03 Å². The zero-order valence-electron chi connectivity index (χ0n) is 10.4. The number of alkyl halides is 1. The van der Waals surface area contributed by atoms with E-state index in [0.717, 1.165) is 19.4 Å². The molecule has 1 aliphatic heterocycles. The van der Waals surface area contributed by atoms with Crippen molar-refractivity contribution in [2.24, 2.45) is 5.92 Å². The van der Waals surface area contributed by atoms with Crippen molar-refractivity contribution in [3.63, 3.8) is 0 Å². The standard InChI is InChI=1S/C11H20ClN3O2/c1-14(2)8-9-3-5-15(6-4-9)11(17)13-10(16)7-12/h9H,3-8H2,1-2H3,(H,13,16,17). The summed E-state index contributed by atoms with van der Waals surface area (Å²) < 4.78 is 0. The van der Waals surface area contributed by atoms with Gasteiger partial charge in [-0.2, -0.15) is 0 Å². The molecule has 1 rings (SSSR count). The summed E-state index contributed by atoms with van der Waals surface area (Å²) in [5.74, 6) is 0.0212. The van der Waals surface area contributed by atoms with Crippen molar-refractivity contribution in [3.05, 3.63) is 0 Å². The Hall–Kier alpha value is -0.810. The van der Waals surface area contributed by atoms with Gasteiger partial charge in [-0.3, -0.25) is 10.1 Å². The summed E-state index contributed by atoms with van der Waals surface area (Å²) in [6.45, 7) is 2.47. The number of hydrogen-bond acceptors (Lipinski definition) is 3. The number of urea groups is 1. The Labute approximate surface area is 107 Å². The molecule has 1 fully saturated rings. The summed E-state index contributed by atoms with van der Waals surface area (Å²) in [5.41, 5.74) is 0. The average Bonchev–Trinajstić information content (AvgIpc) is 2.28. The zero-order valence-corrected chi connectivity index (χ0v) is 11.2. The number of carbonyl (C=O) groups excluding carboxylic acids is 2. The lowest BCUT2D eigenvalue weighted by Crippen LogP contribution is -2.47. The van der Waals surface area contributed by atoms with E-state index in [2.05, 4.69) is 24.3 Å². The number of piperidine rings is 1. The highest BCUT2D eigenvalue weighted by atomic mass is 35.5. The Bertz CT molecular complexity index is 276. The maximum atomic E-state index is 11.6. The molecular formula is C11H20ClN3O2. The highest BCUT2D eigenvalue weighted by Gasteiger charge is 2.23. The monoisotopic (exact) mass is 261 g/mol.